The summed E-state index contributed by atoms with van der Waals surface area (Å²) in [6.45, 7) is 20.2. The van der Waals surface area contributed by atoms with Crippen molar-refractivity contribution in [2.45, 2.75) is 130 Å². The first-order valence-corrected chi connectivity index (χ1v) is 29.2. The van der Waals surface area contributed by atoms with Crippen LogP contribution < -0.4 is 0 Å². The van der Waals surface area contributed by atoms with Crippen LogP contribution in [0.2, 0.25) is 0 Å². The second kappa shape index (κ2) is 19.2. The Bertz CT molecular complexity index is 4110. The van der Waals surface area contributed by atoms with E-state index in [9.17, 15) is 5.11 Å². The predicted molar refractivity (Wildman–Crippen MR) is 330 cm³/mol. The van der Waals surface area contributed by atoms with Crippen molar-refractivity contribution in [2.75, 3.05) is 0 Å². The molecule has 0 saturated heterocycles. The molecule has 10 aromatic rings. The van der Waals surface area contributed by atoms with Gasteiger partial charge in [0.25, 0.3) is 0 Å². The van der Waals surface area contributed by atoms with Crippen molar-refractivity contribution in [1.82, 2.24) is 14.5 Å². The predicted octanol–water partition coefficient (Wildman–Crippen LogP) is 17.9. The van der Waals surface area contributed by atoms with Gasteiger partial charge in [0.1, 0.15) is 11.6 Å². The molecule has 14 rings (SSSR count). The summed E-state index contributed by atoms with van der Waals surface area (Å²) in [6, 6.07) is 65.1. The van der Waals surface area contributed by atoms with Gasteiger partial charge in [-0.25, -0.2) is 4.98 Å². The van der Waals surface area contributed by atoms with Crippen molar-refractivity contribution in [2.24, 2.45) is 10.8 Å². The van der Waals surface area contributed by atoms with E-state index in [1.54, 1.807) is 0 Å². The quantitative estimate of drug-likeness (QED) is 0.169. The molecule has 0 radical (unpaired) electrons. The van der Waals surface area contributed by atoms with Gasteiger partial charge in [-0.1, -0.05) is 201 Å². The summed E-state index contributed by atoms with van der Waals surface area (Å²) in [5.41, 5.74) is 27.1. The van der Waals surface area contributed by atoms with Crippen LogP contribution in [-0.4, -0.2) is 19.6 Å². The van der Waals surface area contributed by atoms with Crippen LogP contribution in [0, 0.1) is 16.9 Å². The van der Waals surface area contributed by atoms with E-state index in [0.717, 1.165) is 119 Å². The number of fused-ring (bicyclic) bond motifs is 5. The number of pyridine rings is 1. The second-order valence-electron chi connectivity index (χ2n) is 27.6. The maximum atomic E-state index is 12.9. The van der Waals surface area contributed by atoms with Gasteiger partial charge in [-0.15, -0.1) is 29.3 Å². The second-order valence-corrected chi connectivity index (χ2v) is 27.6. The first-order chi connectivity index (χ1) is 38.3. The number of imidazole rings is 1. The Balaban J connectivity index is 0.00000618. The normalized spacial score (nSPS) is 15.7. The summed E-state index contributed by atoms with van der Waals surface area (Å²) in [7, 11) is 0. The molecular formula is C76H72N3OPt-. The van der Waals surface area contributed by atoms with Gasteiger partial charge in [-0.2, -0.15) is 0 Å². The Morgan fingerprint density at radius 3 is 1.67 bits per heavy atom. The summed E-state index contributed by atoms with van der Waals surface area (Å²) < 4.78 is 2.38. The van der Waals surface area contributed by atoms with Crippen molar-refractivity contribution in [3.8, 4) is 67.5 Å². The average Bonchev–Trinajstić information content (AvgIpc) is 3.42. The van der Waals surface area contributed by atoms with E-state index in [-0.39, 0.29) is 53.9 Å². The Morgan fingerprint density at radius 1 is 0.469 bits per heavy atom. The molecule has 0 aliphatic heterocycles. The first kappa shape index (κ1) is 53.2. The molecule has 4 nitrogen and oxygen atoms in total. The van der Waals surface area contributed by atoms with Crippen LogP contribution in [0.3, 0.4) is 0 Å². The van der Waals surface area contributed by atoms with E-state index < -0.39 is 0 Å². The average molecular weight is 1240 g/mol. The number of hydrogen-bond acceptors (Lipinski definition) is 3. The molecule has 0 bridgehead atoms. The minimum absolute atomic E-state index is 0. The van der Waals surface area contributed by atoms with Gasteiger partial charge in [0, 0.05) is 44.1 Å². The Labute approximate surface area is 494 Å². The Kier molecular flexibility index (Phi) is 12.6. The van der Waals surface area contributed by atoms with E-state index in [0.29, 0.717) is 0 Å². The fourth-order valence-corrected chi connectivity index (χ4v) is 14.7. The fourth-order valence-electron chi connectivity index (χ4n) is 14.7. The van der Waals surface area contributed by atoms with Gasteiger partial charge >= 0.3 is 0 Å². The Morgan fingerprint density at radius 2 is 1.02 bits per heavy atom. The molecule has 8 aromatic carbocycles. The smallest absolute Gasteiger partial charge is 0.148 e. The molecule has 1 N–H and O–H groups in total. The molecule has 2 spiro atoms. The zero-order chi connectivity index (χ0) is 55.1. The van der Waals surface area contributed by atoms with Crippen molar-refractivity contribution < 1.29 is 26.2 Å². The van der Waals surface area contributed by atoms with E-state index >= 15 is 0 Å². The third-order valence-electron chi connectivity index (χ3n) is 18.7. The third kappa shape index (κ3) is 9.25. The van der Waals surface area contributed by atoms with Gasteiger partial charge in [0.05, 0.1) is 22.3 Å². The zero-order valence-electron chi connectivity index (χ0n) is 48.4. The number of benzene rings is 8. The molecule has 0 saturated carbocycles. The van der Waals surface area contributed by atoms with E-state index in [1.165, 1.54) is 66.8 Å². The molecule has 4 aliphatic rings. The number of hydrogen-bond donors (Lipinski definition) is 1. The van der Waals surface area contributed by atoms with Crippen molar-refractivity contribution >= 4 is 11.0 Å². The minimum Gasteiger partial charge on any atom is -0.507 e. The van der Waals surface area contributed by atoms with Crippen molar-refractivity contribution in [3.05, 3.63) is 237 Å². The van der Waals surface area contributed by atoms with Gasteiger partial charge in [-0.05, 0) is 169 Å². The van der Waals surface area contributed by atoms with Crippen LogP contribution in [0.15, 0.2) is 170 Å². The van der Waals surface area contributed by atoms with Gasteiger partial charge in [0.15, 0.2) is 0 Å². The standard InChI is InChI=1S/C76H72N3O.Pt/c1-72(2,3)59-34-56(33-57(35-59)65-36-49(30-31-77-65)48-26-27-54-43-75(45-58(54)32-48)39-50-20-13-14-21-51(50)40-75)61-24-17-25-67-69(61)78-71(62-37-60(73(4,5)6)38-64(70(62)80)74(7,8)9)79(67)66-29-28-55-44-76(41-52-22-15-16-23-53(52)42-76)46-63(55)68(66)47-18-11-10-12-19-47;/h10-32,34-38,80H,39-46H2,1-9H3;/q-1;. The molecule has 2 heterocycles. The van der Waals surface area contributed by atoms with E-state index in [4.69, 9.17) is 9.97 Å². The number of aromatic nitrogens is 3. The number of phenols is 1. The number of para-hydroxylation sites is 1. The molecule has 0 unspecified atom stereocenters. The maximum Gasteiger partial charge on any atom is 0.148 e. The molecule has 0 fully saturated rings. The number of phenolic OH excluding ortho intramolecular Hbond substituents is 1. The molecular weight excluding hydrogens is 1170 g/mol. The Hall–Kier alpha value is -7.13. The first-order valence-electron chi connectivity index (χ1n) is 29.2. The molecule has 4 aliphatic carbocycles. The largest absolute Gasteiger partial charge is 0.507 e. The maximum absolute atomic E-state index is 12.9. The van der Waals surface area contributed by atoms with Crippen molar-refractivity contribution in [3.63, 3.8) is 0 Å². The van der Waals surface area contributed by atoms with Gasteiger partial charge < -0.3 is 5.11 Å². The summed E-state index contributed by atoms with van der Waals surface area (Å²) in [5, 5.41) is 12.9. The van der Waals surface area contributed by atoms with Crippen LogP contribution in [-0.2, 0) is 88.7 Å². The van der Waals surface area contributed by atoms with Crippen LogP contribution in [0.4, 0.5) is 0 Å². The number of nitrogens with zero attached hydrogens (tertiary/aromatic N) is 3. The fraction of sp³-hybridized carbons (Fsp3) is 0.289. The van der Waals surface area contributed by atoms with Crippen LogP contribution in [0.25, 0.3) is 72.7 Å². The van der Waals surface area contributed by atoms with Gasteiger partial charge in [0.2, 0.25) is 0 Å². The monoisotopic (exact) mass is 1240 g/mol. The molecule has 81 heavy (non-hydrogen) atoms. The van der Waals surface area contributed by atoms with Crippen LogP contribution >= 0.6 is 0 Å². The molecule has 0 atom stereocenters. The summed E-state index contributed by atoms with van der Waals surface area (Å²) in [4.78, 5) is 10.9. The molecule has 5 heteroatoms. The van der Waals surface area contributed by atoms with Crippen LogP contribution in [0.1, 0.15) is 124 Å². The number of rotatable bonds is 6. The summed E-state index contributed by atoms with van der Waals surface area (Å²) >= 11 is 0. The SMILES string of the molecule is CC(C)(C)c1cc(-c2cc(-c3ccc4c(c3)CC3(Cc5ccccc5C3)C4)ccn2)[c-]c(-c2cccc3c2nc(-c2cc(C(C)(C)C)cc(C(C)(C)C)c2O)n3-c2ccc3c(c2-c2ccccc2)CC2(Cc4ccccc4C2)C3)c1.[Pt]. The number of aromatic hydroxyl groups is 1. The third-order valence-corrected chi connectivity index (χ3v) is 18.7. The summed E-state index contributed by atoms with van der Waals surface area (Å²) in [6.07, 6.45) is 10.8. The van der Waals surface area contributed by atoms with Crippen LogP contribution in [0.5, 0.6) is 5.75 Å². The van der Waals surface area contributed by atoms with E-state index in [2.05, 4.69) is 237 Å². The molecule has 408 valence electrons. The molecule has 2 aromatic heterocycles. The topological polar surface area (TPSA) is 50.9 Å². The van der Waals surface area contributed by atoms with Crippen molar-refractivity contribution in [1.29, 1.82) is 0 Å². The zero-order valence-corrected chi connectivity index (χ0v) is 50.7. The molecule has 0 amide bonds. The van der Waals surface area contributed by atoms with Gasteiger partial charge in [-0.3, -0.25) is 9.55 Å². The van der Waals surface area contributed by atoms with E-state index in [1.807, 2.05) is 6.20 Å². The summed E-state index contributed by atoms with van der Waals surface area (Å²) in [5.74, 6) is 0.995. The minimum atomic E-state index is -0.339.